The number of carbonyl (C=O) groups is 4. The maximum atomic E-state index is 13.8. The van der Waals surface area contributed by atoms with Crippen molar-refractivity contribution in [1.29, 1.82) is 0 Å². The second kappa shape index (κ2) is 18.0. The Bertz CT molecular complexity index is 1220. The summed E-state index contributed by atoms with van der Waals surface area (Å²) >= 11 is 0. The second-order valence-corrected chi connectivity index (χ2v) is 11.8. The van der Waals surface area contributed by atoms with Crippen LogP contribution in [0.4, 0.5) is 4.79 Å². The van der Waals surface area contributed by atoms with Crippen LogP contribution in [0.25, 0.3) is 0 Å². The van der Waals surface area contributed by atoms with Crippen molar-refractivity contribution in [2.45, 2.75) is 84.0 Å². The smallest absolute Gasteiger partial charge is 0.407 e. The minimum absolute atomic E-state index is 0.0887. The third-order valence-electron chi connectivity index (χ3n) is 7.99. The van der Waals surface area contributed by atoms with Crippen molar-refractivity contribution in [3.8, 4) is 0 Å². The predicted molar refractivity (Wildman–Crippen MR) is 171 cm³/mol. The molecule has 4 N–H and O–H groups in total. The van der Waals surface area contributed by atoms with Crippen LogP contribution in [-0.4, -0.2) is 67.5 Å². The number of aryl methyl sites for hydroxylation is 1. The number of rotatable bonds is 16. The molecule has 0 bridgehead atoms. The lowest BCUT2D eigenvalue weighted by Crippen LogP contribution is -2.56. The Morgan fingerprint density at radius 1 is 0.955 bits per heavy atom. The molecule has 10 heteroatoms. The summed E-state index contributed by atoms with van der Waals surface area (Å²) in [4.78, 5) is 53.4. The zero-order valence-corrected chi connectivity index (χ0v) is 26.6. The Labute approximate surface area is 261 Å². The molecule has 0 saturated heterocycles. The standard InChI is InChI=1S/C34H49N5O5/c1-24(2)31(38-32(41)25(3)35-4)33(42)39(22-30(40)37-29-19-13-17-27-16-9-10-18-28(27)29)21-12-6-11-20-36-34(43)44-23-26-14-7-5-8-15-26/h5,7-10,14-16,18,24-25,29,31,35H,6,11-13,17,19-23H2,1-4H3,(H,36,43)(H,37,40)(H,38,41). The molecule has 10 nitrogen and oxygen atoms in total. The number of nitrogens with one attached hydrogen (secondary N) is 4. The Morgan fingerprint density at radius 2 is 1.68 bits per heavy atom. The molecule has 2 aromatic rings. The molecule has 0 spiro atoms. The summed E-state index contributed by atoms with van der Waals surface area (Å²) in [5, 5.41) is 11.7. The lowest BCUT2D eigenvalue weighted by Gasteiger charge is -2.31. The van der Waals surface area contributed by atoms with Gasteiger partial charge in [-0.3, -0.25) is 14.4 Å². The largest absolute Gasteiger partial charge is 0.445 e. The van der Waals surface area contributed by atoms with E-state index in [9.17, 15) is 19.2 Å². The minimum Gasteiger partial charge on any atom is -0.445 e. The first-order chi connectivity index (χ1) is 21.2. The average molecular weight is 608 g/mol. The Morgan fingerprint density at radius 3 is 2.41 bits per heavy atom. The number of carbonyl (C=O) groups excluding carboxylic acids is 4. The van der Waals surface area contributed by atoms with Crippen LogP contribution in [-0.2, 0) is 32.1 Å². The van der Waals surface area contributed by atoms with Crippen LogP contribution in [0.1, 0.15) is 75.6 Å². The van der Waals surface area contributed by atoms with Crippen LogP contribution < -0.4 is 21.3 Å². The van der Waals surface area contributed by atoms with Gasteiger partial charge in [-0.15, -0.1) is 0 Å². The molecular formula is C34H49N5O5. The lowest BCUT2D eigenvalue weighted by atomic mass is 9.88. The van der Waals surface area contributed by atoms with Gasteiger partial charge in [-0.25, -0.2) is 4.79 Å². The highest BCUT2D eigenvalue weighted by Gasteiger charge is 2.31. The van der Waals surface area contributed by atoms with Crippen molar-refractivity contribution < 1.29 is 23.9 Å². The number of benzene rings is 2. The van der Waals surface area contributed by atoms with Crippen molar-refractivity contribution >= 4 is 23.8 Å². The van der Waals surface area contributed by atoms with Gasteiger partial charge >= 0.3 is 6.09 Å². The van der Waals surface area contributed by atoms with Crippen LogP contribution in [0.5, 0.6) is 0 Å². The van der Waals surface area contributed by atoms with E-state index < -0.39 is 18.2 Å². The summed E-state index contributed by atoms with van der Waals surface area (Å²) in [6.45, 7) is 6.40. The van der Waals surface area contributed by atoms with Gasteiger partial charge in [0.15, 0.2) is 0 Å². The summed E-state index contributed by atoms with van der Waals surface area (Å²) in [5.74, 6) is -0.941. The van der Waals surface area contributed by atoms with Gasteiger partial charge in [0, 0.05) is 13.1 Å². The van der Waals surface area contributed by atoms with E-state index in [2.05, 4.69) is 33.4 Å². The molecule has 3 unspecified atom stereocenters. The first-order valence-electron chi connectivity index (χ1n) is 15.8. The fraction of sp³-hybridized carbons (Fsp3) is 0.529. The third kappa shape index (κ3) is 11.0. The maximum absolute atomic E-state index is 13.8. The van der Waals surface area contributed by atoms with Crippen LogP contribution >= 0.6 is 0 Å². The summed E-state index contributed by atoms with van der Waals surface area (Å²) in [5.41, 5.74) is 3.30. The van der Waals surface area contributed by atoms with Gasteiger partial charge in [0.1, 0.15) is 12.6 Å². The van der Waals surface area contributed by atoms with Crippen LogP contribution in [0, 0.1) is 5.92 Å². The summed E-state index contributed by atoms with van der Waals surface area (Å²) < 4.78 is 5.25. The number of likely N-dealkylation sites (N-methyl/N-ethyl adjacent to an activating group) is 1. The maximum Gasteiger partial charge on any atom is 0.407 e. The van der Waals surface area contributed by atoms with E-state index in [1.54, 1.807) is 18.9 Å². The molecule has 4 amide bonds. The summed E-state index contributed by atoms with van der Waals surface area (Å²) in [7, 11) is 1.69. The molecule has 2 aromatic carbocycles. The zero-order valence-electron chi connectivity index (χ0n) is 26.6. The molecule has 3 rings (SSSR count). The highest BCUT2D eigenvalue weighted by molar-refractivity contribution is 5.92. The fourth-order valence-corrected chi connectivity index (χ4v) is 5.27. The fourth-order valence-electron chi connectivity index (χ4n) is 5.27. The van der Waals surface area contributed by atoms with Gasteiger partial charge in [0.2, 0.25) is 17.7 Å². The summed E-state index contributed by atoms with van der Waals surface area (Å²) in [6, 6.07) is 16.3. The van der Waals surface area contributed by atoms with Crippen LogP contribution in [0.3, 0.4) is 0 Å². The molecular weight excluding hydrogens is 558 g/mol. The van der Waals surface area contributed by atoms with E-state index in [1.165, 1.54) is 5.56 Å². The van der Waals surface area contributed by atoms with Crippen molar-refractivity contribution in [3.63, 3.8) is 0 Å². The number of nitrogens with zero attached hydrogens (tertiary/aromatic N) is 1. The molecule has 1 aliphatic carbocycles. The van der Waals surface area contributed by atoms with E-state index in [1.807, 2.05) is 56.3 Å². The first kappa shape index (κ1) is 34.6. The van der Waals surface area contributed by atoms with E-state index in [0.29, 0.717) is 25.9 Å². The minimum atomic E-state index is -0.762. The number of alkyl carbamates (subject to hydrolysis) is 1. The molecule has 0 fully saturated rings. The van der Waals surface area contributed by atoms with Gasteiger partial charge in [0.25, 0.3) is 0 Å². The number of fused-ring (bicyclic) bond motifs is 1. The van der Waals surface area contributed by atoms with Gasteiger partial charge in [-0.05, 0) is 75.1 Å². The number of ether oxygens (including phenoxy) is 1. The molecule has 0 aromatic heterocycles. The number of hydrogen-bond donors (Lipinski definition) is 4. The van der Waals surface area contributed by atoms with Crippen molar-refractivity contribution in [2.24, 2.45) is 5.92 Å². The van der Waals surface area contributed by atoms with Crippen molar-refractivity contribution in [1.82, 2.24) is 26.2 Å². The number of amides is 4. The SMILES string of the molecule is CNC(C)C(=O)NC(C(=O)N(CCCCCNC(=O)OCc1ccccc1)CC(=O)NC1CCCc2ccccc21)C(C)C. The number of hydrogen-bond acceptors (Lipinski definition) is 6. The number of unbranched alkanes of at least 4 members (excludes halogenated alkanes) is 2. The van der Waals surface area contributed by atoms with E-state index in [-0.39, 0.29) is 42.8 Å². The molecule has 3 atom stereocenters. The Hall–Kier alpha value is -3.92. The highest BCUT2D eigenvalue weighted by atomic mass is 16.5. The van der Waals surface area contributed by atoms with Crippen LogP contribution in [0.2, 0.25) is 0 Å². The van der Waals surface area contributed by atoms with E-state index in [0.717, 1.165) is 36.8 Å². The van der Waals surface area contributed by atoms with E-state index >= 15 is 0 Å². The molecule has 0 heterocycles. The first-order valence-corrected chi connectivity index (χ1v) is 15.8. The van der Waals surface area contributed by atoms with E-state index in [4.69, 9.17) is 4.74 Å². The third-order valence-corrected chi connectivity index (χ3v) is 7.99. The highest BCUT2D eigenvalue weighted by Crippen LogP contribution is 2.29. The van der Waals surface area contributed by atoms with Crippen molar-refractivity contribution in [3.05, 3.63) is 71.3 Å². The molecule has 0 aliphatic heterocycles. The normalized spacial score (nSPS) is 15.4. The lowest BCUT2D eigenvalue weighted by molar-refractivity contribution is -0.141. The monoisotopic (exact) mass is 607 g/mol. The second-order valence-electron chi connectivity index (χ2n) is 11.8. The Kier molecular flexibility index (Phi) is 14.2. The molecule has 44 heavy (non-hydrogen) atoms. The average Bonchev–Trinajstić information content (AvgIpc) is 3.03. The van der Waals surface area contributed by atoms with Crippen molar-refractivity contribution in [2.75, 3.05) is 26.7 Å². The quantitative estimate of drug-likeness (QED) is 0.215. The predicted octanol–water partition coefficient (Wildman–Crippen LogP) is 3.85. The molecule has 240 valence electrons. The van der Waals surface area contributed by atoms with Gasteiger partial charge < -0.3 is 30.9 Å². The Balaban J connectivity index is 1.56. The molecule has 0 saturated carbocycles. The van der Waals surface area contributed by atoms with Gasteiger partial charge in [0.05, 0.1) is 18.6 Å². The van der Waals surface area contributed by atoms with Crippen LogP contribution in [0.15, 0.2) is 54.6 Å². The summed E-state index contributed by atoms with van der Waals surface area (Å²) in [6.07, 6.45) is 4.42. The topological polar surface area (TPSA) is 129 Å². The zero-order chi connectivity index (χ0) is 31.9. The molecule has 0 radical (unpaired) electrons. The molecule has 1 aliphatic rings. The van der Waals surface area contributed by atoms with Gasteiger partial charge in [-0.2, -0.15) is 0 Å². The van der Waals surface area contributed by atoms with Gasteiger partial charge in [-0.1, -0.05) is 68.4 Å².